The van der Waals surface area contributed by atoms with Gasteiger partial charge in [-0.1, -0.05) is 6.92 Å². The number of anilines is 1. The second-order valence-corrected chi connectivity index (χ2v) is 4.80. The van der Waals surface area contributed by atoms with Crippen LogP contribution in [0.2, 0.25) is 0 Å². The van der Waals surface area contributed by atoms with E-state index in [1.807, 2.05) is 6.92 Å². The molecule has 0 aromatic heterocycles. The highest BCUT2D eigenvalue weighted by molar-refractivity contribution is 5.90. The first-order chi connectivity index (χ1) is 9.93. The molecule has 0 bridgehead atoms. The number of aromatic carboxylic acids is 1. The normalized spacial score (nSPS) is 16.0. The maximum Gasteiger partial charge on any atom is 0.338 e. The molecule has 0 amide bonds. The van der Waals surface area contributed by atoms with Crippen LogP contribution in [0.1, 0.15) is 17.3 Å². The highest BCUT2D eigenvalue weighted by Gasteiger charge is 2.27. The van der Waals surface area contributed by atoms with Crippen molar-refractivity contribution in [2.24, 2.45) is 0 Å². The van der Waals surface area contributed by atoms with Gasteiger partial charge in [0.1, 0.15) is 11.5 Å². The Kier molecular flexibility index (Phi) is 4.37. The molecule has 1 fully saturated rings. The summed E-state index contributed by atoms with van der Waals surface area (Å²) in [6.07, 6.45) is 0. The molecule has 1 aliphatic rings. The SMILES string of the molecule is CCN1CCN(c2cc(C(=O)O)c(F)cc2[N+](=O)[O-])CC1. The number of halogens is 1. The fourth-order valence-electron chi connectivity index (χ4n) is 2.42. The van der Waals surface area contributed by atoms with Crippen molar-refractivity contribution in [3.05, 3.63) is 33.6 Å². The average molecular weight is 297 g/mol. The number of carboxylic acids is 1. The number of nitrogens with zero attached hydrogens (tertiary/aromatic N) is 3. The number of benzene rings is 1. The van der Waals surface area contributed by atoms with Crippen LogP contribution in [0.15, 0.2) is 12.1 Å². The Bertz CT molecular complexity index is 571. The molecule has 7 nitrogen and oxygen atoms in total. The number of hydrogen-bond acceptors (Lipinski definition) is 5. The second kappa shape index (κ2) is 6.04. The first-order valence-corrected chi connectivity index (χ1v) is 6.62. The summed E-state index contributed by atoms with van der Waals surface area (Å²) in [4.78, 5) is 25.3. The molecule has 0 spiro atoms. The Morgan fingerprint density at radius 1 is 1.38 bits per heavy atom. The minimum Gasteiger partial charge on any atom is -0.478 e. The largest absolute Gasteiger partial charge is 0.478 e. The lowest BCUT2D eigenvalue weighted by Gasteiger charge is -2.35. The second-order valence-electron chi connectivity index (χ2n) is 4.80. The van der Waals surface area contributed by atoms with Gasteiger partial charge in [-0.2, -0.15) is 0 Å². The van der Waals surface area contributed by atoms with Gasteiger partial charge in [0.05, 0.1) is 16.6 Å². The molecule has 114 valence electrons. The lowest BCUT2D eigenvalue weighted by molar-refractivity contribution is -0.384. The fraction of sp³-hybridized carbons (Fsp3) is 0.462. The summed E-state index contributed by atoms with van der Waals surface area (Å²) >= 11 is 0. The van der Waals surface area contributed by atoms with E-state index in [1.54, 1.807) is 4.90 Å². The van der Waals surface area contributed by atoms with E-state index in [1.165, 1.54) is 0 Å². The van der Waals surface area contributed by atoms with Crippen LogP contribution >= 0.6 is 0 Å². The van der Waals surface area contributed by atoms with E-state index in [0.717, 1.165) is 25.7 Å². The van der Waals surface area contributed by atoms with Gasteiger partial charge in [-0.3, -0.25) is 10.1 Å². The van der Waals surface area contributed by atoms with Gasteiger partial charge in [-0.05, 0) is 12.6 Å². The van der Waals surface area contributed by atoms with E-state index < -0.39 is 28.0 Å². The molecule has 0 saturated carbocycles. The zero-order chi connectivity index (χ0) is 15.6. The Balaban J connectivity index is 2.39. The quantitative estimate of drug-likeness (QED) is 0.670. The standard InChI is InChI=1S/C13H16FN3O4/c1-2-15-3-5-16(6-4-15)11-7-9(13(18)19)10(14)8-12(11)17(20)21/h7-8H,2-6H2,1H3,(H,18,19). The Labute approximate surface area is 120 Å². The van der Waals surface area contributed by atoms with Crippen molar-refractivity contribution in [1.82, 2.24) is 4.90 Å². The van der Waals surface area contributed by atoms with Gasteiger partial charge < -0.3 is 14.9 Å². The summed E-state index contributed by atoms with van der Waals surface area (Å²) in [7, 11) is 0. The zero-order valence-electron chi connectivity index (χ0n) is 11.6. The van der Waals surface area contributed by atoms with E-state index >= 15 is 0 Å². The number of carboxylic acid groups (broad SMARTS) is 1. The maximum absolute atomic E-state index is 13.6. The molecule has 0 aliphatic carbocycles. The summed E-state index contributed by atoms with van der Waals surface area (Å²) < 4.78 is 13.6. The highest BCUT2D eigenvalue weighted by Crippen LogP contribution is 2.31. The van der Waals surface area contributed by atoms with Gasteiger partial charge in [0, 0.05) is 26.2 Å². The third-order valence-electron chi connectivity index (χ3n) is 3.65. The molecule has 1 aliphatic heterocycles. The first-order valence-electron chi connectivity index (χ1n) is 6.62. The van der Waals surface area contributed by atoms with Crippen LogP contribution < -0.4 is 4.90 Å². The van der Waals surface area contributed by atoms with Gasteiger partial charge in [-0.25, -0.2) is 9.18 Å². The van der Waals surface area contributed by atoms with Gasteiger partial charge in [0.2, 0.25) is 0 Å². The number of rotatable bonds is 4. The summed E-state index contributed by atoms with van der Waals surface area (Å²) in [6, 6.07) is 1.74. The lowest BCUT2D eigenvalue weighted by atomic mass is 10.1. The molecule has 0 unspecified atom stereocenters. The zero-order valence-corrected chi connectivity index (χ0v) is 11.6. The van der Waals surface area contributed by atoms with E-state index in [4.69, 9.17) is 5.11 Å². The number of nitro benzene ring substituents is 1. The van der Waals surface area contributed by atoms with Crippen molar-refractivity contribution < 1.29 is 19.2 Å². The number of nitro groups is 1. The van der Waals surface area contributed by atoms with Crippen molar-refractivity contribution >= 4 is 17.3 Å². The van der Waals surface area contributed by atoms with Gasteiger partial charge >= 0.3 is 5.97 Å². The van der Waals surface area contributed by atoms with Crippen LogP contribution in [0.25, 0.3) is 0 Å². The molecule has 1 aromatic carbocycles. The van der Waals surface area contributed by atoms with Crippen LogP contribution in [0.4, 0.5) is 15.8 Å². The Hall–Kier alpha value is -2.22. The Morgan fingerprint density at radius 3 is 2.48 bits per heavy atom. The molecule has 21 heavy (non-hydrogen) atoms. The topological polar surface area (TPSA) is 86.9 Å². The van der Waals surface area contributed by atoms with Crippen LogP contribution in [0.3, 0.4) is 0 Å². The monoisotopic (exact) mass is 297 g/mol. The molecule has 1 aromatic rings. The van der Waals surface area contributed by atoms with Crippen LogP contribution in [0.5, 0.6) is 0 Å². The predicted octanol–water partition coefficient (Wildman–Crippen LogP) is 1.57. The molecule has 8 heteroatoms. The van der Waals surface area contributed by atoms with Gasteiger partial charge in [0.15, 0.2) is 0 Å². The molecule has 1 N–H and O–H groups in total. The molecule has 0 atom stereocenters. The summed E-state index contributed by atoms with van der Waals surface area (Å²) in [6.45, 7) is 5.46. The van der Waals surface area contributed by atoms with Crippen LogP contribution in [-0.2, 0) is 0 Å². The molecule has 0 radical (unpaired) electrons. The van der Waals surface area contributed by atoms with Crippen LogP contribution in [-0.4, -0.2) is 53.6 Å². The number of carbonyl (C=O) groups is 1. The minimum atomic E-state index is -1.43. The maximum atomic E-state index is 13.6. The van der Waals surface area contributed by atoms with Crippen molar-refractivity contribution in [2.75, 3.05) is 37.6 Å². The summed E-state index contributed by atoms with van der Waals surface area (Å²) in [5.74, 6) is -2.53. The molecule has 1 heterocycles. The third-order valence-corrected chi connectivity index (χ3v) is 3.65. The van der Waals surface area contributed by atoms with Crippen molar-refractivity contribution in [3.8, 4) is 0 Å². The lowest BCUT2D eigenvalue weighted by Crippen LogP contribution is -2.46. The molecule has 2 rings (SSSR count). The van der Waals surface area contributed by atoms with Gasteiger partial charge in [0.25, 0.3) is 5.69 Å². The minimum absolute atomic E-state index is 0.162. The summed E-state index contributed by atoms with van der Waals surface area (Å²) in [5.41, 5.74) is -0.787. The molecule has 1 saturated heterocycles. The predicted molar refractivity (Wildman–Crippen MR) is 74.3 cm³/mol. The smallest absolute Gasteiger partial charge is 0.338 e. The number of hydrogen-bond donors (Lipinski definition) is 1. The van der Waals surface area contributed by atoms with E-state index in [2.05, 4.69) is 4.90 Å². The summed E-state index contributed by atoms with van der Waals surface area (Å²) in [5, 5.41) is 20.0. The Morgan fingerprint density at radius 2 is 2.00 bits per heavy atom. The highest BCUT2D eigenvalue weighted by atomic mass is 19.1. The average Bonchev–Trinajstić information content (AvgIpc) is 2.46. The van der Waals surface area contributed by atoms with E-state index in [-0.39, 0.29) is 5.69 Å². The van der Waals surface area contributed by atoms with Crippen molar-refractivity contribution in [1.29, 1.82) is 0 Å². The van der Waals surface area contributed by atoms with E-state index in [9.17, 15) is 19.3 Å². The first kappa shape index (κ1) is 15.2. The van der Waals surface area contributed by atoms with Gasteiger partial charge in [-0.15, -0.1) is 0 Å². The van der Waals surface area contributed by atoms with Crippen LogP contribution in [0, 0.1) is 15.9 Å². The number of likely N-dealkylation sites (N-methyl/N-ethyl adjacent to an activating group) is 1. The fourth-order valence-corrected chi connectivity index (χ4v) is 2.42. The molecular formula is C13H16FN3O4. The van der Waals surface area contributed by atoms with Crippen molar-refractivity contribution in [3.63, 3.8) is 0 Å². The molecular weight excluding hydrogens is 281 g/mol. The third kappa shape index (κ3) is 3.10. The number of piperazine rings is 1. The van der Waals surface area contributed by atoms with E-state index in [0.29, 0.717) is 19.2 Å². The van der Waals surface area contributed by atoms with Crippen molar-refractivity contribution in [2.45, 2.75) is 6.92 Å².